The molecule has 2 saturated heterocycles. The second kappa shape index (κ2) is 9.88. The number of aromatic nitrogens is 1. The molecule has 1 aromatic carbocycles. The average molecular weight is 406 g/mol. The van der Waals surface area contributed by atoms with Crippen LogP contribution in [0.4, 0.5) is 0 Å². The summed E-state index contributed by atoms with van der Waals surface area (Å²) in [6.45, 7) is 2.71. The minimum atomic E-state index is -0.0766. The summed E-state index contributed by atoms with van der Waals surface area (Å²) in [7, 11) is 0. The van der Waals surface area contributed by atoms with E-state index in [1.165, 1.54) is 12.0 Å². The third-order valence-electron chi connectivity index (χ3n) is 6.54. The SMILES string of the molecule is O=C1CC[C@H](C(=O)N2CCC(CCc3ccccc3)CC2)CN1Cc1ccccn1. The van der Waals surface area contributed by atoms with E-state index in [1.807, 2.05) is 23.1 Å². The Morgan fingerprint density at radius 2 is 1.77 bits per heavy atom. The number of hydrogen-bond donors (Lipinski definition) is 0. The van der Waals surface area contributed by atoms with Gasteiger partial charge in [0, 0.05) is 32.3 Å². The van der Waals surface area contributed by atoms with Crippen molar-refractivity contribution in [2.45, 2.75) is 45.1 Å². The first-order valence-corrected chi connectivity index (χ1v) is 11.2. The molecule has 2 fully saturated rings. The van der Waals surface area contributed by atoms with E-state index in [-0.39, 0.29) is 17.7 Å². The van der Waals surface area contributed by atoms with Gasteiger partial charge in [-0.3, -0.25) is 14.6 Å². The molecule has 0 unspecified atom stereocenters. The average Bonchev–Trinajstić information content (AvgIpc) is 2.80. The number of benzene rings is 1. The molecule has 5 nitrogen and oxygen atoms in total. The number of pyridine rings is 1. The number of carbonyl (C=O) groups excluding carboxylic acids is 2. The van der Waals surface area contributed by atoms with Gasteiger partial charge in [-0.15, -0.1) is 0 Å². The summed E-state index contributed by atoms with van der Waals surface area (Å²) in [5.74, 6) is 0.981. The number of rotatable bonds is 6. The molecule has 0 aliphatic carbocycles. The molecule has 2 aromatic rings. The first kappa shape index (κ1) is 20.6. The minimum Gasteiger partial charge on any atom is -0.342 e. The van der Waals surface area contributed by atoms with Crippen molar-refractivity contribution in [1.29, 1.82) is 0 Å². The lowest BCUT2D eigenvalue weighted by molar-refractivity contribution is -0.144. The molecule has 0 radical (unpaired) electrons. The molecule has 5 heteroatoms. The molecule has 0 N–H and O–H groups in total. The molecule has 30 heavy (non-hydrogen) atoms. The topological polar surface area (TPSA) is 53.5 Å². The van der Waals surface area contributed by atoms with Crippen LogP contribution >= 0.6 is 0 Å². The van der Waals surface area contributed by atoms with Crippen LogP contribution in [0, 0.1) is 11.8 Å². The van der Waals surface area contributed by atoms with Crippen molar-refractivity contribution < 1.29 is 9.59 Å². The Bertz CT molecular complexity index is 832. The highest BCUT2D eigenvalue weighted by Gasteiger charge is 2.34. The van der Waals surface area contributed by atoms with E-state index in [0.29, 0.717) is 31.8 Å². The molecule has 2 aliphatic heterocycles. The molecule has 2 amide bonds. The maximum Gasteiger partial charge on any atom is 0.227 e. The van der Waals surface area contributed by atoms with Crippen molar-refractivity contribution in [3.8, 4) is 0 Å². The van der Waals surface area contributed by atoms with Gasteiger partial charge in [-0.25, -0.2) is 0 Å². The van der Waals surface area contributed by atoms with Crippen LogP contribution in [0.3, 0.4) is 0 Å². The third kappa shape index (κ3) is 5.26. The van der Waals surface area contributed by atoms with Crippen LogP contribution in [0.1, 0.15) is 43.4 Å². The van der Waals surface area contributed by atoms with Crippen molar-refractivity contribution >= 4 is 11.8 Å². The number of likely N-dealkylation sites (tertiary alicyclic amines) is 2. The van der Waals surface area contributed by atoms with Crippen LogP contribution in [0.15, 0.2) is 54.7 Å². The lowest BCUT2D eigenvalue weighted by Crippen LogP contribution is -2.48. The van der Waals surface area contributed by atoms with E-state index in [4.69, 9.17) is 0 Å². The Morgan fingerprint density at radius 1 is 1.00 bits per heavy atom. The van der Waals surface area contributed by atoms with Crippen LogP contribution in [-0.4, -0.2) is 46.2 Å². The predicted octanol–water partition coefficient (Wildman–Crippen LogP) is 3.69. The van der Waals surface area contributed by atoms with E-state index in [2.05, 4.69) is 35.3 Å². The quantitative estimate of drug-likeness (QED) is 0.736. The standard InChI is InChI=1S/C25H31N3O2/c29-24-12-11-22(18-28(24)19-23-8-4-5-15-26-23)25(30)27-16-13-21(14-17-27)10-9-20-6-2-1-3-7-20/h1-8,15,21-22H,9-14,16-19H2/t22-/m0/s1. The number of carbonyl (C=O) groups is 2. The highest BCUT2D eigenvalue weighted by Crippen LogP contribution is 2.26. The summed E-state index contributed by atoms with van der Waals surface area (Å²) in [6.07, 6.45) is 7.35. The number of aryl methyl sites for hydroxylation is 1. The van der Waals surface area contributed by atoms with Crippen molar-refractivity contribution in [2.24, 2.45) is 11.8 Å². The van der Waals surface area contributed by atoms with E-state index in [1.54, 1.807) is 11.1 Å². The lowest BCUT2D eigenvalue weighted by atomic mass is 9.89. The highest BCUT2D eigenvalue weighted by molar-refractivity contribution is 5.84. The monoisotopic (exact) mass is 405 g/mol. The summed E-state index contributed by atoms with van der Waals surface area (Å²) in [4.78, 5) is 33.6. The van der Waals surface area contributed by atoms with Crippen molar-refractivity contribution in [3.63, 3.8) is 0 Å². The highest BCUT2D eigenvalue weighted by atomic mass is 16.2. The summed E-state index contributed by atoms with van der Waals surface area (Å²) in [5.41, 5.74) is 2.27. The second-order valence-electron chi connectivity index (χ2n) is 8.62. The van der Waals surface area contributed by atoms with Crippen LogP contribution in [0.25, 0.3) is 0 Å². The van der Waals surface area contributed by atoms with E-state index in [9.17, 15) is 9.59 Å². The lowest BCUT2D eigenvalue weighted by Gasteiger charge is -2.37. The van der Waals surface area contributed by atoms with Crippen LogP contribution < -0.4 is 0 Å². The molecule has 1 atom stereocenters. The maximum atomic E-state index is 13.1. The first-order chi connectivity index (χ1) is 14.7. The summed E-state index contributed by atoms with van der Waals surface area (Å²) in [6, 6.07) is 16.4. The molecular formula is C25H31N3O2. The zero-order valence-electron chi connectivity index (χ0n) is 17.6. The number of piperidine rings is 2. The number of hydrogen-bond acceptors (Lipinski definition) is 3. The van der Waals surface area contributed by atoms with Crippen molar-refractivity contribution in [1.82, 2.24) is 14.8 Å². The molecule has 4 rings (SSSR count). The van der Waals surface area contributed by atoms with Gasteiger partial charge in [0.2, 0.25) is 11.8 Å². The Morgan fingerprint density at radius 3 is 2.50 bits per heavy atom. The summed E-state index contributed by atoms with van der Waals surface area (Å²) >= 11 is 0. The van der Waals surface area contributed by atoms with Crippen LogP contribution in [0.5, 0.6) is 0 Å². The van der Waals surface area contributed by atoms with E-state index in [0.717, 1.165) is 38.0 Å². The van der Waals surface area contributed by atoms with Gasteiger partial charge in [0.1, 0.15) is 0 Å². The van der Waals surface area contributed by atoms with Gasteiger partial charge in [-0.2, -0.15) is 0 Å². The third-order valence-corrected chi connectivity index (χ3v) is 6.54. The molecule has 0 spiro atoms. The Hall–Kier alpha value is -2.69. The van der Waals surface area contributed by atoms with Gasteiger partial charge in [-0.1, -0.05) is 36.4 Å². The fourth-order valence-corrected chi connectivity index (χ4v) is 4.67. The van der Waals surface area contributed by atoms with Crippen molar-refractivity contribution in [2.75, 3.05) is 19.6 Å². The van der Waals surface area contributed by atoms with Gasteiger partial charge in [0.15, 0.2) is 0 Å². The molecule has 0 bridgehead atoms. The van der Waals surface area contributed by atoms with Gasteiger partial charge in [-0.05, 0) is 55.7 Å². The zero-order chi connectivity index (χ0) is 20.8. The summed E-state index contributed by atoms with van der Waals surface area (Å²) in [5, 5.41) is 0. The molecule has 0 saturated carbocycles. The van der Waals surface area contributed by atoms with Crippen LogP contribution in [-0.2, 0) is 22.6 Å². The summed E-state index contributed by atoms with van der Waals surface area (Å²) < 4.78 is 0. The van der Waals surface area contributed by atoms with Crippen LogP contribution in [0.2, 0.25) is 0 Å². The van der Waals surface area contributed by atoms with Gasteiger partial charge >= 0.3 is 0 Å². The normalized spacial score (nSPS) is 20.4. The smallest absolute Gasteiger partial charge is 0.227 e. The van der Waals surface area contributed by atoms with Gasteiger partial charge in [0.25, 0.3) is 0 Å². The van der Waals surface area contributed by atoms with Gasteiger partial charge < -0.3 is 9.80 Å². The largest absolute Gasteiger partial charge is 0.342 e. The number of nitrogens with zero attached hydrogens (tertiary/aromatic N) is 3. The molecule has 1 aromatic heterocycles. The first-order valence-electron chi connectivity index (χ1n) is 11.2. The number of amides is 2. The molecular weight excluding hydrogens is 374 g/mol. The Balaban J connectivity index is 1.25. The van der Waals surface area contributed by atoms with Gasteiger partial charge in [0.05, 0.1) is 18.2 Å². The Labute approximate surface area is 179 Å². The Kier molecular flexibility index (Phi) is 6.77. The molecule has 3 heterocycles. The molecule has 158 valence electrons. The minimum absolute atomic E-state index is 0.0766. The molecule has 2 aliphatic rings. The fraction of sp³-hybridized carbons (Fsp3) is 0.480. The zero-order valence-corrected chi connectivity index (χ0v) is 17.6. The van der Waals surface area contributed by atoms with E-state index >= 15 is 0 Å². The predicted molar refractivity (Wildman–Crippen MR) is 116 cm³/mol. The van der Waals surface area contributed by atoms with Crippen molar-refractivity contribution in [3.05, 3.63) is 66.0 Å². The second-order valence-corrected chi connectivity index (χ2v) is 8.62. The van der Waals surface area contributed by atoms with E-state index < -0.39 is 0 Å². The fourth-order valence-electron chi connectivity index (χ4n) is 4.67. The maximum absolute atomic E-state index is 13.1.